The first-order valence-electron chi connectivity index (χ1n) is 5.02. The molecule has 0 fully saturated rings. The third-order valence-electron chi connectivity index (χ3n) is 2.09. The zero-order valence-electron chi connectivity index (χ0n) is 8.85. The highest BCUT2D eigenvalue weighted by molar-refractivity contribution is 6.29. The van der Waals surface area contributed by atoms with Crippen LogP contribution in [0.15, 0.2) is 36.4 Å². The number of ether oxygens (including phenoxy) is 1. The Hall–Kier alpha value is -1.61. The van der Waals surface area contributed by atoms with Gasteiger partial charge in [-0.05, 0) is 43.3 Å². The summed E-state index contributed by atoms with van der Waals surface area (Å²) < 4.78 is 5.36. The van der Waals surface area contributed by atoms with Crippen molar-refractivity contribution in [2.24, 2.45) is 0 Å². The maximum Gasteiger partial charge on any atom is 0.151 e. The van der Waals surface area contributed by atoms with Crippen molar-refractivity contribution in [2.45, 2.75) is 6.92 Å². The van der Waals surface area contributed by atoms with Crippen molar-refractivity contribution in [3.63, 3.8) is 0 Å². The normalized spacial score (nSPS) is 10.1. The molecule has 0 bridgehead atoms. The Morgan fingerprint density at radius 2 is 1.81 bits per heavy atom. The van der Waals surface area contributed by atoms with E-state index in [1.54, 1.807) is 6.07 Å². The summed E-state index contributed by atoms with van der Waals surface area (Å²) in [6.07, 6.45) is 0. The van der Waals surface area contributed by atoms with Crippen LogP contribution in [-0.4, -0.2) is 16.8 Å². The van der Waals surface area contributed by atoms with Crippen LogP contribution in [0.25, 0.3) is 11.3 Å². The van der Waals surface area contributed by atoms with Crippen LogP contribution in [0.1, 0.15) is 6.92 Å². The molecule has 1 aromatic heterocycles. The first kappa shape index (κ1) is 10.9. The van der Waals surface area contributed by atoms with E-state index in [0.29, 0.717) is 11.8 Å². The molecule has 0 radical (unpaired) electrons. The summed E-state index contributed by atoms with van der Waals surface area (Å²) in [5.74, 6) is 0.855. The summed E-state index contributed by atoms with van der Waals surface area (Å²) in [7, 11) is 0. The molecule has 0 spiro atoms. The molecule has 0 N–H and O–H groups in total. The summed E-state index contributed by atoms with van der Waals surface area (Å²) in [6, 6.07) is 11.3. The molecule has 1 heterocycles. The van der Waals surface area contributed by atoms with Gasteiger partial charge >= 0.3 is 0 Å². The molecule has 0 aliphatic rings. The minimum Gasteiger partial charge on any atom is -0.494 e. The van der Waals surface area contributed by atoms with E-state index in [2.05, 4.69) is 10.2 Å². The average Bonchev–Trinajstić information content (AvgIpc) is 2.32. The molecular weight excluding hydrogens is 224 g/mol. The first-order valence-corrected chi connectivity index (χ1v) is 5.40. The van der Waals surface area contributed by atoms with Gasteiger partial charge in [-0.1, -0.05) is 11.6 Å². The SMILES string of the molecule is CCOc1ccc(-c2ccc(Cl)nn2)cc1. The van der Waals surface area contributed by atoms with Crippen LogP contribution in [0, 0.1) is 0 Å². The van der Waals surface area contributed by atoms with Crippen LogP contribution >= 0.6 is 11.6 Å². The summed E-state index contributed by atoms with van der Waals surface area (Å²) in [4.78, 5) is 0. The second-order valence-electron chi connectivity index (χ2n) is 3.20. The number of nitrogens with zero attached hydrogens (tertiary/aromatic N) is 2. The molecule has 82 valence electrons. The van der Waals surface area contributed by atoms with Gasteiger partial charge in [-0.3, -0.25) is 0 Å². The van der Waals surface area contributed by atoms with Gasteiger partial charge in [-0.25, -0.2) is 0 Å². The fourth-order valence-corrected chi connectivity index (χ4v) is 1.46. The van der Waals surface area contributed by atoms with E-state index in [1.807, 2.05) is 37.3 Å². The van der Waals surface area contributed by atoms with Crippen molar-refractivity contribution >= 4 is 11.6 Å². The molecule has 2 aromatic rings. The van der Waals surface area contributed by atoms with Gasteiger partial charge in [0.15, 0.2) is 5.15 Å². The Morgan fingerprint density at radius 3 is 2.38 bits per heavy atom. The summed E-state index contributed by atoms with van der Waals surface area (Å²) in [6.45, 7) is 2.62. The van der Waals surface area contributed by atoms with Gasteiger partial charge < -0.3 is 4.74 Å². The van der Waals surface area contributed by atoms with Crippen LogP contribution in [0.2, 0.25) is 5.15 Å². The molecule has 0 saturated carbocycles. The molecule has 0 aliphatic carbocycles. The summed E-state index contributed by atoms with van der Waals surface area (Å²) in [5, 5.41) is 8.20. The minimum absolute atomic E-state index is 0.398. The standard InChI is InChI=1S/C12H11ClN2O/c1-2-16-10-5-3-9(4-6-10)11-7-8-12(13)15-14-11/h3-8H,2H2,1H3. The molecule has 0 unspecified atom stereocenters. The molecule has 16 heavy (non-hydrogen) atoms. The zero-order valence-corrected chi connectivity index (χ0v) is 9.61. The van der Waals surface area contributed by atoms with Crippen molar-refractivity contribution in [3.8, 4) is 17.0 Å². The predicted molar refractivity (Wildman–Crippen MR) is 63.6 cm³/mol. The van der Waals surface area contributed by atoms with E-state index in [9.17, 15) is 0 Å². The second kappa shape index (κ2) is 4.94. The third kappa shape index (κ3) is 2.49. The third-order valence-corrected chi connectivity index (χ3v) is 2.29. The van der Waals surface area contributed by atoms with Gasteiger partial charge in [0.05, 0.1) is 12.3 Å². The molecule has 0 saturated heterocycles. The summed E-state index contributed by atoms with van der Waals surface area (Å²) >= 11 is 5.67. The molecule has 1 aromatic carbocycles. The number of halogens is 1. The largest absolute Gasteiger partial charge is 0.494 e. The topological polar surface area (TPSA) is 35.0 Å². The zero-order chi connectivity index (χ0) is 11.4. The molecule has 0 amide bonds. The molecular formula is C12H11ClN2O. The number of aromatic nitrogens is 2. The van der Waals surface area contributed by atoms with E-state index in [4.69, 9.17) is 16.3 Å². The van der Waals surface area contributed by atoms with Crippen LogP contribution in [0.4, 0.5) is 0 Å². The number of hydrogen-bond acceptors (Lipinski definition) is 3. The number of benzene rings is 1. The predicted octanol–water partition coefficient (Wildman–Crippen LogP) is 3.20. The van der Waals surface area contributed by atoms with Gasteiger partial charge in [-0.15, -0.1) is 10.2 Å². The van der Waals surface area contributed by atoms with Gasteiger partial charge in [0, 0.05) is 5.56 Å². The van der Waals surface area contributed by atoms with Gasteiger partial charge in [0.2, 0.25) is 0 Å². The van der Waals surface area contributed by atoms with E-state index in [-0.39, 0.29) is 0 Å². The van der Waals surface area contributed by atoms with Gasteiger partial charge in [0.25, 0.3) is 0 Å². The molecule has 3 nitrogen and oxygen atoms in total. The quantitative estimate of drug-likeness (QED) is 0.818. The van der Waals surface area contributed by atoms with Crippen LogP contribution in [-0.2, 0) is 0 Å². The van der Waals surface area contributed by atoms with Crippen molar-refractivity contribution in [2.75, 3.05) is 6.61 Å². The Morgan fingerprint density at radius 1 is 1.06 bits per heavy atom. The second-order valence-corrected chi connectivity index (χ2v) is 3.59. The first-order chi connectivity index (χ1) is 7.79. The Kier molecular flexibility index (Phi) is 3.37. The fourth-order valence-electron chi connectivity index (χ4n) is 1.36. The maximum absolute atomic E-state index is 5.67. The lowest BCUT2D eigenvalue weighted by Gasteiger charge is -2.04. The number of hydrogen-bond donors (Lipinski definition) is 0. The smallest absolute Gasteiger partial charge is 0.151 e. The van der Waals surface area contributed by atoms with Crippen molar-refractivity contribution in [1.82, 2.24) is 10.2 Å². The highest BCUT2D eigenvalue weighted by Gasteiger charge is 2.00. The van der Waals surface area contributed by atoms with Gasteiger partial charge in [0.1, 0.15) is 5.75 Å². The lowest BCUT2D eigenvalue weighted by atomic mass is 10.1. The molecule has 2 rings (SSSR count). The lowest BCUT2D eigenvalue weighted by molar-refractivity contribution is 0.340. The molecule has 0 aliphatic heterocycles. The molecule has 0 atom stereocenters. The van der Waals surface area contributed by atoms with Crippen molar-refractivity contribution < 1.29 is 4.74 Å². The Balaban J connectivity index is 2.24. The lowest BCUT2D eigenvalue weighted by Crippen LogP contribution is -1.91. The Labute approximate surface area is 99.0 Å². The highest BCUT2D eigenvalue weighted by atomic mass is 35.5. The fraction of sp³-hybridized carbons (Fsp3) is 0.167. The van der Waals surface area contributed by atoms with E-state index in [1.165, 1.54) is 0 Å². The maximum atomic E-state index is 5.67. The van der Waals surface area contributed by atoms with Crippen LogP contribution < -0.4 is 4.74 Å². The minimum atomic E-state index is 0.398. The van der Waals surface area contributed by atoms with Gasteiger partial charge in [-0.2, -0.15) is 0 Å². The summed E-state index contributed by atoms with van der Waals surface area (Å²) in [5.41, 5.74) is 1.79. The van der Waals surface area contributed by atoms with Crippen molar-refractivity contribution in [3.05, 3.63) is 41.6 Å². The highest BCUT2D eigenvalue weighted by Crippen LogP contribution is 2.20. The van der Waals surface area contributed by atoms with Crippen LogP contribution in [0.3, 0.4) is 0 Å². The average molecular weight is 235 g/mol. The molecule has 4 heteroatoms. The van der Waals surface area contributed by atoms with Crippen LogP contribution in [0.5, 0.6) is 5.75 Å². The van der Waals surface area contributed by atoms with E-state index >= 15 is 0 Å². The Bertz CT molecular complexity index is 453. The monoisotopic (exact) mass is 234 g/mol. The van der Waals surface area contributed by atoms with E-state index in [0.717, 1.165) is 17.0 Å². The number of rotatable bonds is 3. The van der Waals surface area contributed by atoms with Crippen molar-refractivity contribution in [1.29, 1.82) is 0 Å². The van der Waals surface area contributed by atoms with E-state index < -0.39 is 0 Å².